The normalized spacial score (nSPS) is 20.0. The fourth-order valence-electron chi connectivity index (χ4n) is 1.72. The summed E-state index contributed by atoms with van der Waals surface area (Å²) in [6.07, 6.45) is 3.23. The lowest BCUT2D eigenvalue weighted by atomic mass is 9.97. The zero-order chi connectivity index (χ0) is 9.52. The Balaban J connectivity index is 2.00. The first-order valence-electron chi connectivity index (χ1n) is 5.09. The van der Waals surface area contributed by atoms with Gasteiger partial charge in [-0.15, -0.1) is 0 Å². The minimum absolute atomic E-state index is 0.632. The monoisotopic (exact) mass is 181 g/mol. The maximum atomic E-state index is 8.34. The van der Waals surface area contributed by atoms with Gasteiger partial charge in [-0.25, -0.2) is 0 Å². The second-order valence-corrected chi connectivity index (χ2v) is 3.86. The Labute approximate surface area is 80.7 Å². The van der Waals surface area contributed by atoms with E-state index < -0.39 is 0 Å². The lowest BCUT2D eigenvalue weighted by molar-refractivity contribution is 0.216. The molecule has 1 rings (SSSR count). The summed E-state index contributed by atoms with van der Waals surface area (Å²) in [5, 5.41) is 11.7. The summed E-state index contributed by atoms with van der Waals surface area (Å²) in [4.78, 5) is 2.38. The quantitative estimate of drug-likeness (QED) is 0.653. The topological polar surface area (TPSA) is 39.1 Å². The van der Waals surface area contributed by atoms with Gasteiger partial charge in [0.25, 0.3) is 0 Å². The highest BCUT2D eigenvalue weighted by Gasteiger charge is 2.15. The van der Waals surface area contributed by atoms with E-state index in [0.717, 1.165) is 19.0 Å². The van der Waals surface area contributed by atoms with Crippen molar-refractivity contribution < 1.29 is 0 Å². The van der Waals surface area contributed by atoms with E-state index in [1.54, 1.807) is 0 Å². The van der Waals surface area contributed by atoms with Gasteiger partial charge in [0.2, 0.25) is 0 Å². The van der Waals surface area contributed by atoms with Gasteiger partial charge in [-0.05, 0) is 45.4 Å². The number of rotatable bonds is 4. The average molecular weight is 181 g/mol. The highest BCUT2D eigenvalue weighted by Crippen LogP contribution is 2.14. The van der Waals surface area contributed by atoms with Gasteiger partial charge in [-0.1, -0.05) is 0 Å². The van der Waals surface area contributed by atoms with Gasteiger partial charge >= 0.3 is 0 Å². The molecule has 0 radical (unpaired) electrons. The van der Waals surface area contributed by atoms with E-state index in [0.29, 0.717) is 6.42 Å². The number of nitrogens with zero attached hydrogens (tertiary/aromatic N) is 2. The van der Waals surface area contributed by atoms with Crippen LogP contribution in [0.5, 0.6) is 0 Å². The molecule has 0 aromatic rings. The molecule has 3 heteroatoms. The summed E-state index contributed by atoms with van der Waals surface area (Å²) in [6, 6.07) is 2.14. The molecule has 0 bridgehead atoms. The summed E-state index contributed by atoms with van der Waals surface area (Å²) in [5.74, 6) is 0.829. The van der Waals surface area contributed by atoms with Gasteiger partial charge in [0.15, 0.2) is 0 Å². The van der Waals surface area contributed by atoms with Gasteiger partial charge in [0.05, 0.1) is 6.07 Å². The molecule has 74 valence electrons. The van der Waals surface area contributed by atoms with Crippen LogP contribution in [0.4, 0.5) is 0 Å². The van der Waals surface area contributed by atoms with Crippen LogP contribution in [0.2, 0.25) is 0 Å². The summed E-state index contributed by atoms with van der Waals surface area (Å²) >= 11 is 0. The predicted molar refractivity (Wildman–Crippen MR) is 53.3 cm³/mol. The molecule has 0 atom stereocenters. The first-order valence-corrected chi connectivity index (χ1v) is 5.09. The van der Waals surface area contributed by atoms with E-state index in [4.69, 9.17) is 5.26 Å². The number of hydrogen-bond donors (Lipinski definition) is 1. The molecule has 0 saturated carbocycles. The first-order chi connectivity index (χ1) is 6.33. The van der Waals surface area contributed by atoms with Crippen molar-refractivity contribution in [2.45, 2.75) is 19.3 Å². The Morgan fingerprint density at radius 3 is 2.77 bits per heavy atom. The third-order valence-corrected chi connectivity index (χ3v) is 2.68. The molecule has 0 aromatic heterocycles. The number of piperidine rings is 1. The van der Waals surface area contributed by atoms with Crippen molar-refractivity contribution in [2.75, 3.05) is 33.2 Å². The van der Waals surface area contributed by atoms with Crippen LogP contribution in [-0.4, -0.2) is 38.1 Å². The molecule has 1 heterocycles. The van der Waals surface area contributed by atoms with E-state index in [-0.39, 0.29) is 0 Å². The summed E-state index contributed by atoms with van der Waals surface area (Å²) in [5.41, 5.74) is 0. The molecule has 0 spiro atoms. The highest BCUT2D eigenvalue weighted by atomic mass is 15.1. The van der Waals surface area contributed by atoms with Gasteiger partial charge < -0.3 is 10.2 Å². The molecule has 1 aliphatic heterocycles. The molecule has 1 aliphatic rings. The molecular weight excluding hydrogens is 162 g/mol. The number of likely N-dealkylation sites (tertiary alicyclic amines) is 1. The van der Waals surface area contributed by atoms with Crippen LogP contribution in [0.15, 0.2) is 0 Å². The second-order valence-electron chi connectivity index (χ2n) is 3.86. The zero-order valence-corrected chi connectivity index (χ0v) is 8.42. The van der Waals surface area contributed by atoms with Crippen molar-refractivity contribution in [2.24, 2.45) is 5.92 Å². The molecule has 0 unspecified atom stereocenters. The molecule has 1 saturated heterocycles. The van der Waals surface area contributed by atoms with E-state index in [1.165, 1.54) is 25.9 Å². The lowest BCUT2D eigenvalue weighted by Gasteiger charge is -2.28. The molecule has 1 fully saturated rings. The Morgan fingerprint density at radius 1 is 1.46 bits per heavy atom. The molecule has 0 aromatic carbocycles. The fraction of sp³-hybridized carbons (Fsp3) is 0.900. The summed E-state index contributed by atoms with van der Waals surface area (Å²) in [7, 11) is 2.18. The molecule has 0 amide bonds. The maximum absolute atomic E-state index is 8.34. The van der Waals surface area contributed by atoms with Crippen molar-refractivity contribution in [3.8, 4) is 6.07 Å². The first kappa shape index (κ1) is 10.5. The predicted octanol–water partition coefficient (Wildman–Crippen LogP) is 0.831. The molecular formula is C10H19N3. The number of hydrogen-bond acceptors (Lipinski definition) is 3. The Kier molecular flexibility index (Phi) is 4.81. The SMILES string of the molecule is CN1CCC(CNCCC#N)CC1. The van der Waals surface area contributed by atoms with Crippen molar-refractivity contribution >= 4 is 0 Å². The van der Waals surface area contributed by atoms with Crippen LogP contribution in [-0.2, 0) is 0 Å². The van der Waals surface area contributed by atoms with Gasteiger partial charge in [0, 0.05) is 13.0 Å². The highest BCUT2D eigenvalue weighted by molar-refractivity contribution is 4.74. The lowest BCUT2D eigenvalue weighted by Crippen LogP contribution is -2.35. The van der Waals surface area contributed by atoms with Crippen LogP contribution in [0.25, 0.3) is 0 Å². The number of nitrogens with one attached hydrogen (secondary N) is 1. The third-order valence-electron chi connectivity index (χ3n) is 2.68. The molecule has 1 N–H and O–H groups in total. The minimum Gasteiger partial charge on any atom is -0.315 e. The summed E-state index contributed by atoms with van der Waals surface area (Å²) in [6.45, 7) is 4.40. The van der Waals surface area contributed by atoms with Crippen LogP contribution in [0.1, 0.15) is 19.3 Å². The zero-order valence-electron chi connectivity index (χ0n) is 8.42. The van der Waals surface area contributed by atoms with E-state index in [1.807, 2.05) is 0 Å². The van der Waals surface area contributed by atoms with E-state index >= 15 is 0 Å². The Morgan fingerprint density at radius 2 is 2.15 bits per heavy atom. The smallest absolute Gasteiger partial charge is 0.0635 e. The maximum Gasteiger partial charge on any atom is 0.0635 e. The molecule has 0 aliphatic carbocycles. The standard InChI is InChI=1S/C10H19N3/c1-13-7-3-10(4-8-13)9-12-6-2-5-11/h10,12H,2-4,6-9H2,1H3. The van der Waals surface area contributed by atoms with Crippen molar-refractivity contribution in [1.29, 1.82) is 5.26 Å². The van der Waals surface area contributed by atoms with Crippen molar-refractivity contribution in [1.82, 2.24) is 10.2 Å². The summed E-state index contributed by atoms with van der Waals surface area (Å²) < 4.78 is 0. The second kappa shape index (κ2) is 5.95. The largest absolute Gasteiger partial charge is 0.315 e. The number of nitriles is 1. The fourth-order valence-corrected chi connectivity index (χ4v) is 1.72. The molecule has 13 heavy (non-hydrogen) atoms. The van der Waals surface area contributed by atoms with Crippen molar-refractivity contribution in [3.63, 3.8) is 0 Å². The van der Waals surface area contributed by atoms with Gasteiger partial charge in [-0.3, -0.25) is 0 Å². The van der Waals surface area contributed by atoms with Crippen LogP contribution >= 0.6 is 0 Å². The van der Waals surface area contributed by atoms with Crippen molar-refractivity contribution in [3.05, 3.63) is 0 Å². The van der Waals surface area contributed by atoms with Crippen LogP contribution in [0.3, 0.4) is 0 Å². The van der Waals surface area contributed by atoms with E-state index in [9.17, 15) is 0 Å². The average Bonchev–Trinajstić information content (AvgIpc) is 2.15. The molecule has 3 nitrogen and oxygen atoms in total. The van der Waals surface area contributed by atoms with Gasteiger partial charge in [-0.2, -0.15) is 5.26 Å². The third kappa shape index (κ3) is 4.25. The Bertz CT molecular complexity index is 165. The minimum atomic E-state index is 0.632. The Hall–Kier alpha value is -0.590. The van der Waals surface area contributed by atoms with Crippen LogP contribution < -0.4 is 5.32 Å². The van der Waals surface area contributed by atoms with E-state index in [2.05, 4.69) is 23.3 Å². The van der Waals surface area contributed by atoms with Gasteiger partial charge in [0.1, 0.15) is 0 Å². The van der Waals surface area contributed by atoms with Crippen LogP contribution in [0, 0.1) is 17.2 Å².